The van der Waals surface area contributed by atoms with E-state index in [0.29, 0.717) is 0 Å². The highest BCUT2D eigenvalue weighted by Crippen LogP contribution is 2.34. The number of unbranched alkanes of at least 4 members (excludes halogenated alkanes) is 3. The van der Waals surface area contributed by atoms with Crippen LogP contribution in [0.1, 0.15) is 47.9 Å². The molecule has 0 aliphatic heterocycles. The first-order chi connectivity index (χ1) is 20.0. The Kier molecular flexibility index (Phi) is 14.0. The minimum absolute atomic E-state index is 0.141. The molecular formula is C33H45N3O5. The van der Waals surface area contributed by atoms with Gasteiger partial charge < -0.3 is 24.8 Å². The maximum Gasteiger partial charge on any atom is 0.269 e. The van der Waals surface area contributed by atoms with Crippen molar-refractivity contribution in [3.63, 3.8) is 0 Å². The lowest BCUT2D eigenvalue weighted by Crippen LogP contribution is -2.20. The summed E-state index contributed by atoms with van der Waals surface area (Å²) in [5, 5.41) is 17.8. The highest BCUT2D eigenvalue weighted by atomic mass is 16.6. The van der Waals surface area contributed by atoms with Crippen molar-refractivity contribution >= 4 is 5.69 Å². The van der Waals surface area contributed by atoms with Crippen LogP contribution >= 0.6 is 0 Å². The first-order valence-electron chi connectivity index (χ1n) is 14.6. The molecule has 0 fully saturated rings. The molecule has 8 heteroatoms. The molecule has 0 saturated carbocycles. The fourth-order valence-electron chi connectivity index (χ4n) is 4.98. The van der Waals surface area contributed by atoms with E-state index in [9.17, 15) is 10.1 Å². The SMILES string of the molecule is COc1cccc(CCc2c(CCNCCCCCCNCCc3ccc([N+](=O)[O-])cc3)ccc(OC)c2OC)c1. The van der Waals surface area contributed by atoms with E-state index in [-0.39, 0.29) is 10.6 Å². The Hall–Kier alpha value is -3.62. The summed E-state index contributed by atoms with van der Waals surface area (Å²) in [4.78, 5) is 10.4. The summed E-state index contributed by atoms with van der Waals surface area (Å²) in [5.41, 5.74) is 4.99. The number of nitro groups is 1. The Bertz CT molecular complexity index is 1200. The van der Waals surface area contributed by atoms with Crippen LogP contribution in [0.2, 0.25) is 0 Å². The molecule has 2 N–H and O–H groups in total. The van der Waals surface area contributed by atoms with Crippen molar-refractivity contribution in [1.29, 1.82) is 0 Å². The number of nitrogens with one attached hydrogen (secondary N) is 2. The Morgan fingerprint density at radius 3 is 2.02 bits per heavy atom. The van der Waals surface area contributed by atoms with E-state index >= 15 is 0 Å². The lowest BCUT2D eigenvalue weighted by Gasteiger charge is -2.17. The largest absolute Gasteiger partial charge is 0.497 e. The van der Waals surface area contributed by atoms with Gasteiger partial charge in [-0.05, 0) is 99.6 Å². The van der Waals surface area contributed by atoms with Gasteiger partial charge in [-0.15, -0.1) is 0 Å². The van der Waals surface area contributed by atoms with Gasteiger partial charge in [-0.25, -0.2) is 0 Å². The van der Waals surface area contributed by atoms with Crippen LogP contribution < -0.4 is 24.8 Å². The molecule has 0 aromatic heterocycles. The number of aryl methyl sites for hydroxylation is 1. The number of rotatable bonds is 20. The average Bonchev–Trinajstić information content (AvgIpc) is 3.00. The maximum absolute atomic E-state index is 10.7. The number of benzene rings is 3. The quantitative estimate of drug-likeness (QED) is 0.0999. The van der Waals surface area contributed by atoms with Gasteiger partial charge in [0.2, 0.25) is 0 Å². The Balaban J connectivity index is 1.32. The third kappa shape index (κ3) is 10.7. The topological polar surface area (TPSA) is 94.9 Å². The fraction of sp³-hybridized carbons (Fsp3) is 0.455. The molecule has 0 saturated heterocycles. The van der Waals surface area contributed by atoms with E-state index in [1.54, 1.807) is 33.5 Å². The molecule has 0 unspecified atom stereocenters. The standard InChI is InChI=1S/C33H45N3O5/c1-39-30-10-8-9-27(25-30)13-17-31-28(14-18-32(40-2)33(31)41-3)20-24-35-22-7-5-4-6-21-34-23-19-26-11-15-29(16-12-26)36(37)38/h8-12,14-16,18,25,34-35H,4-7,13,17,19-24H2,1-3H3. The molecule has 0 bridgehead atoms. The second-order valence-corrected chi connectivity index (χ2v) is 10.1. The molecule has 8 nitrogen and oxygen atoms in total. The molecule has 3 aromatic carbocycles. The molecule has 0 aliphatic carbocycles. The number of methoxy groups -OCH3 is 3. The van der Waals surface area contributed by atoms with E-state index < -0.39 is 0 Å². The van der Waals surface area contributed by atoms with Gasteiger partial charge >= 0.3 is 0 Å². The van der Waals surface area contributed by atoms with Gasteiger partial charge in [0.15, 0.2) is 11.5 Å². The number of hydrogen-bond donors (Lipinski definition) is 2. The smallest absolute Gasteiger partial charge is 0.269 e. The number of nitro benzene ring substituents is 1. The van der Waals surface area contributed by atoms with E-state index in [0.717, 1.165) is 87.5 Å². The second kappa shape index (κ2) is 17.9. The minimum atomic E-state index is -0.363. The first kappa shape index (κ1) is 31.9. The van der Waals surface area contributed by atoms with Crippen LogP contribution in [-0.2, 0) is 25.7 Å². The second-order valence-electron chi connectivity index (χ2n) is 10.1. The summed E-state index contributed by atoms with van der Waals surface area (Å²) in [5.74, 6) is 2.47. The van der Waals surface area contributed by atoms with Crippen molar-refractivity contribution in [2.75, 3.05) is 47.5 Å². The molecule has 0 aliphatic rings. The molecule has 0 amide bonds. The number of ether oxygens (including phenoxy) is 3. The van der Waals surface area contributed by atoms with Gasteiger partial charge in [0, 0.05) is 17.7 Å². The zero-order chi connectivity index (χ0) is 29.3. The molecular weight excluding hydrogens is 518 g/mol. The summed E-state index contributed by atoms with van der Waals surface area (Å²) in [6, 6.07) is 19.2. The summed E-state index contributed by atoms with van der Waals surface area (Å²) in [6.45, 7) is 3.82. The van der Waals surface area contributed by atoms with E-state index in [1.165, 1.54) is 29.5 Å². The normalized spacial score (nSPS) is 10.9. The summed E-state index contributed by atoms with van der Waals surface area (Å²) in [7, 11) is 5.09. The van der Waals surface area contributed by atoms with Crippen LogP contribution in [0.25, 0.3) is 0 Å². The molecule has 0 heterocycles. The van der Waals surface area contributed by atoms with Crippen LogP contribution in [0.3, 0.4) is 0 Å². The van der Waals surface area contributed by atoms with E-state index in [1.807, 2.05) is 30.3 Å². The van der Waals surface area contributed by atoms with Crippen LogP contribution in [0.15, 0.2) is 60.7 Å². The summed E-state index contributed by atoms with van der Waals surface area (Å²) < 4.78 is 16.7. The Labute approximate surface area is 244 Å². The van der Waals surface area contributed by atoms with Crippen molar-refractivity contribution in [2.45, 2.75) is 51.4 Å². The lowest BCUT2D eigenvalue weighted by molar-refractivity contribution is -0.384. The predicted octanol–water partition coefficient (Wildman–Crippen LogP) is 5.93. The number of non-ortho nitro benzene ring substituents is 1. The van der Waals surface area contributed by atoms with Gasteiger partial charge in [-0.1, -0.05) is 43.2 Å². The molecule has 3 aromatic rings. The number of nitrogens with zero attached hydrogens (tertiary/aromatic N) is 1. The molecule has 0 spiro atoms. The van der Waals surface area contributed by atoms with Crippen molar-refractivity contribution in [3.05, 3.63) is 93.0 Å². The molecule has 0 radical (unpaired) electrons. The molecule has 222 valence electrons. The van der Waals surface area contributed by atoms with E-state index in [2.05, 4.69) is 28.8 Å². The predicted molar refractivity (Wildman–Crippen MR) is 165 cm³/mol. The van der Waals surface area contributed by atoms with Gasteiger partial charge in [0.05, 0.1) is 26.3 Å². The minimum Gasteiger partial charge on any atom is -0.497 e. The van der Waals surface area contributed by atoms with Crippen molar-refractivity contribution < 1.29 is 19.1 Å². The van der Waals surface area contributed by atoms with Crippen molar-refractivity contribution in [1.82, 2.24) is 10.6 Å². The van der Waals surface area contributed by atoms with Gasteiger partial charge in [0.1, 0.15) is 5.75 Å². The number of hydrogen-bond acceptors (Lipinski definition) is 7. The van der Waals surface area contributed by atoms with Crippen molar-refractivity contribution in [3.8, 4) is 17.2 Å². The highest BCUT2D eigenvalue weighted by molar-refractivity contribution is 5.51. The van der Waals surface area contributed by atoms with Gasteiger partial charge in [-0.3, -0.25) is 10.1 Å². The van der Waals surface area contributed by atoms with Crippen LogP contribution in [0.5, 0.6) is 17.2 Å². The monoisotopic (exact) mass is 563 g/mol. The fourth-order valence-corrected chi connectivity index (χ4v) is 4.98. The van der Waals surface area contributed by atoms with Crippen LogP contribution in [0, 0.1) is 10.1 Å². The third-order valence-electron chi connectivity index (χ3n) is 7.31. The molecule has 3 rings (SSSR count). The average molecular weight is 564 g/mol. The van der Waals surface area contributed by atoms with Gasteiger partial charge in [0.25, 0.3) is 5.69 Å². The zero-order valence-electron chi connectivity index (χ0n) is 24.7. The molecule has 0 atom stereocenters. The van der Waals surface area contributed by atoms with E-state index in [4.69, 9.17) is 14.2 Å². The van der Waals surface area contributed by atoms with Crippen LogP contribution in [0.4, 0.5) is 5.69 Å². The highest BCUT2D eigenvalue weighted by Gasteiger charge is 2.15. The summed E-state index contributed by atoms with van der Waals surface area (Å²) >= 11 is 0. The third-order valence-corrected chi connectivity index (χ3v) is 7.31. The Morgan fingerprint density at radius 2 is 1.39 bits per heavy atom. The van der Waals surface area contributed by atoms with Gasteiger partial charge in [-0.2, -0.15) is 0 Å². The van der Waals surface area contributed by atoms with Crippen LogP contribution in [-0.4, -0.2) is 52.4 Å². The maximum atomic E-state index is 10.7. The molecule has 41 heavy (non-hydrogen) atoms. The first-order valence-corrected chi connectivity index (χ1v) is 14.6. The Morgan fingerprint density at radius 1 is 0.683 bits per heavy atom. The van der Waals surface area contributed by atoms with Crippen molar-refractivity contribution in [2.24, 2.45) is 0 Å². The summed E-state index contributed by atoms with van der Waals surface area (Å²) in [6.07, 6.45) is 8.31. The lowest BCUT2D eigenvalue weighted by atomic mass is 9.96. The zero-order valence-corrected chi connectivity index (χ0v) is 24.7.